The first kappa shape index (κ1) is 9.71. The lowest BCUT2D eigenvalue weighted by atomic mass is 9.96. The summed E-state index contributed by atoms with van der Waals surface area (Å²) in [5.41, 5.74) is 0.262. The van der Waals surface area contributed by atoms with Crippen LogP contribution in [0.3, 0.4) is 0 Å². The first-order chi connectivity index (χ1) is 6.16. The molecule has 0 spiro atoms. The standard InChI is InChI=1S/C10H11FO2/c1-2-7(10(12)13)8-5-3-4-6-9(8)11/h3-7H,2H2,1H3,(H,12,13). The molecule has 1 unspecified atom stereocenters. The van der Waals surface area contributed by atoms with Gasteiger partial charge in [-0.2, -0.15) is 0 Å². The van der Waals surface area contributed by atoms with Gasteiger partial charge in [-0.3, -0.25) is 4.79 Å². The first-order valence-corrected chi connectivity index (χ1v) is 4.14. The van der Waals surface area contributed by atoms with Crippen molar-refractivity contribution in [1.82, 2.24) is 0 Å². The van der Waals surface area contributed by atoms with Crippen molar-refractivity contribution in [3.05, 3.63) is 35.6 Å². The highest BCUT2D eigenvalue weighted by Crippen LogP contribution is 2.22. The number of carboxylic acids is 1. The van der Waals surface area contributed by atoms with Gasteiger partial charge >= 0.3 is 5.97 Å². The Morgan fingerprint density at radius 2 is 2.15 bits per heavy atom. The summed E-state index contributed by atoms with van der Waals surface area (Å²) in [5.74, 6) is -2.16. The highest BCUT2D eigenvalue weighted by Gasteiger charge is 2.20. The van der Waals surface area contributed by atoms with Gasteiger partial charge in [-0.05, 0) is 12.5 Å². The van der Waals surface area contributed by atoms with Gasteiger partial charge in [0.25, 0.3) is 0 Å². The zero-order chi connectivity index (χ0) is 9.84. The van der Waals surface area contributed by atoms with Crippen molar-refractivity contribution in [2.45, 2.75) is 19.3 Å². The van der Waals surface area contributed by atoms with E-state index in [1.165, 1.54) is 12.1 Å². The van der Waals surface area contributed by atoms with Crippen LogP contribution in [0.2, 0.25) is 0 Å². The number of carbonyl (C=O) groups is 1. The molecule has 1 rings (SSSR count). The fraction of sp³-hybridized carbons (Fsp3) is 0.300. The molecule has 0 radical (unpaired) electrons. The SMILES string of the molecule is CCC(C(=O)O)c1ccccc1F. The Kier molecular flexibility index (Phi) is 3.01. The summed E-state index contributed by atoms with van der Waals surface area (Å²) in [6.07, 6.45) is 0.399. The summed E-state index contributed by atoms with van der Waals surface area (Å²) in [5, 5.41) is 8.78. The predicted octanol–water partition coefficient (Wildman–Crippen LogP) is 2.40. The maximum atomic E-state index is 13.1. The number of hydrogen-bond donors (Lipinski definition) is 1. The highest BCUT2D eigenvalue weighted by atomic mass is 19.1. The van der Waals surface area contributed by atoms with Crippen LogP contribution in [0.25, 0.3) is 0 Å². The molecular formula is C10H11FO2. The molecule has 0 fully saturated rings. The number of benzene rings is 1. The Morgan fingerprint density at radius 1 is 1.54 bits per heavy atom. The minimum Gasteiger partial charge on any atom is -0.481 e. The molecule has 13 heavy (non-hydrogen) atoms. The van der Waals surface area contributed by atoms with Crippen molar-refractivity contribution in [3.63, 3.8) is 0 Å². The Hall–Kier alpha value is -1.38. The lowest BCUT2D eigenvalue weighted by Gasteiger charge is -2.10. The van der Waals surface area contributed by atoms with Gasteiger partial charge in [0.15, 0.2) is 0 Å². The van der Waals surface area contributed by atoms with Gasteiger partial charge in [-0.25, -0.2) is 4.39 Å². The van der Waals surface area contributed by atoms with Crippen molar-refractivity contribution in [2.75, 3.05) is 0 Å². The number of aliphatic carboxylic acids is 1. The Balaban J connectivity index is 3.04. The van der Waals surface area contributed by atoms with Gasteiger partial charge in [-0.1, -0.05) is 25.1 Å². The monoisotopic (exact) mass is 182 g/mol. The van der Waals surface area contributed by atoms with E-state index in [0.717, 1.165) is 0 Å². The zero-order valence-corrected chi connectivity index (χ0v) is 7.33. The van der Waals surface area contributed by atoms with E-state index in [9.17, 15) is 9.18 Å². The number of carboxylic acid groups (broad SMARTS) is 1. The van der Waals surface area contributed by atoms with Crippen molar-refractivity contribution >= 4 is 5.97 Å². The van der Waals surface area contributed by atoms with Crippen LogP contribution in [0.1, 0.15) is 24.8 Å². The Labute approximate surface area is 76.0 Å². The number of halogens is 1. The molecule has 0 aromatic heterocycles. The Bertz CT molecular complexity index is 310. The van der Waals surface area contributed by atoms with E-state index >= 15 is 0 Å². The summed E-state index contributed by atoms with van der Waals surface area (Å²) in [6, 6.07) is 5.98. The Morgan fingerprint density at radius 3 is 2.62 bits per heavy atom. The minimum absolute atomic E-state index is 0.262. The van der Waals surface area contributed by atoms with Gasteiger partial charge in [0, 0.05) is 5.56 Å². The van der Waals surface area contributed by atoms with Crippen LogP contribution in [-0.4, -0.2) is 11.1 Å². The fourth-order valence-electron chi connectivity index (χ4n) is 1.29. The van der Waals surface area contributed by atoms with Gasteiger partial charge in [0.1, 0.15) is 5.82 Å². The van der Waals surface area contributed by atoms with Crippen LogP contribution < -0.4 is 0 Å². The van der Waals surface area contributed by atoms with E-state index in [2.05, 4.69) is 0 Å². The van der Waals surface area contributed by atoms with E-state index in [1.54, 1.807) is 19.1 Å². The van der Waals surface area contributed by atoms with E-state index < -0.39 is 17.7 Å². The first-order valence-electron chi connectivity index (χ1n) is 4.14. The van der Waals surface area contributed by atoms with E-state index in [0.29, 0.717) is 6.42 Å². The molecule has 0 aliphatic heterocycles. The van der Waals surface area contributed by atoms with Crippen LogP contribution in [-0.2, 0) is 4.79 Å². The summed E-state index contributed by atoms with van der Waals surface area (Å²) in [7, 11) is 0. The molecule has 1 atom stereocenters. The molecule has 0 bridgehead atoms. The molecule has 0 saturated heterocycles. The van der Waals surface area contributed by atoms with Gasteiger partial charge in [0.05, 0.1) is 5.92 Å². The van der Waals surface area contributed by atoms with Crippen LogP contribution >= 0.6 is 0 Å². The molecule has 1 aromatic rings. The molecule has 0 amide bonds. The quantitative estimate of drug-likeness (QED) is 0.779. The smallest absolute Gasteiger partial charge is 0.311 e. The average Bonchev–Trinajstić information content (AvgIpc) is 2.09. The zero-order valence-electron chi connectivity index (χ0n) is 7.33. The number of rotatable bonds is 3. The fourth-order valence-corrected chi connectivity index (χ4v) is 1.29. The lowest BCUT2D eigenvalue weighted by molar-refractivity contribution is -0.138. The number of hydrogen-bond acceptors (Lipinski definition) is 1. The normalized spacial score (nSPS) is 12.5. The average molecular weight is 182 g/mol. The second kappa shape index (κ2) is 4.03. The predicted molar refractivity (Wildman–Crippen MR) is 47.1 cm³/mol. The molecule has 0 heterocycles. The second-order valence-corrected chi connectivity index (χ2v) is 2.82. The molecule has 1 N–H and O–H groups in total. The van der Waals surface area contributed by atoms with Crippen LogP contribution in [0, 0.1) is 5.82 Å². The molecule has 1 aromatic carbocycles. The maximum absolute atomic E-state index is 13.1. The van der Waals surface area contributed by atoms with Crippen LogP contribution in [0.5, 0.6) is 0 Å². The minimum atomic E-state index is -0.979. The lowest BCUT2D eigenvalue weighted by Crippen LogP contribution is -2.11. The van der Waals surface area contributed by atoms with Gasteiger partial charge in [-0.15, -0.1) is 0 Å². The molecule has 0 saturated carbocycles. The third-order valence-electron chi connectivity index (χ3n) is 1.99. The highest BCUT2D eigenvalue weighted by molar-refractivity contribution is 5.76. The summed E-state index contributed by atoms with van der Waals surface area (Å²) in [6.45, 7) is 1.73. The van der Waals surface area contributed by atoms with Crippen LogP contribution in [0.15, 0.2) is 24.3 Å². The van der Waals surface area contributed by atoms with Gasteiger partial charge in [0.2, 0.25) is 0 Å². The molecule has 3 heteroatoms. The summed E-state index contributed by atoms with van der Waals surface area (Å²) in [4.78, 5) is 10.7. The third-order valence-corrected chi connectivity index (χ3v) is 1.99. The van der Waals surface area contributed by atoms with E-state index in [4.69, 9.17) is 5.11 Å². The van der Waals surface area contributed by atoms with Gasteiger partial charge < -0.3 is 5.11 Å². The second-order valence-electron chi connectivity index (χ2n) is 2.82. The van der Waals surface area contributed by atoms with Crippen LogP contribution in [0.4, 0.5) is 4.39 Å². The molecule has 2 nitrogen and oxygen atoms in total. The van der Waals surface area contributed by atoms with Crippen molar-refractivity contribution < 1.29 is 14.3 Å². The molecular weight excluding hydrogens is 171 g/mol. The largest absolute Gasteiger partial charge is 0.481 e. The van der Waals surface area contributed by atoms with Crippen molar-refractivity contribution in [2.24, 2.45) is 0 Å². The van der Waals surface area contributed by atoms with Crippen molar-refractivity contribution in [3.8, 4) is 0 Å². The molecule has 0 aliphatic carbocycles. The maximum Gasteiger partial charge on any atom is 0.311 e. The van der Waals surface area contributed by atoms with Crippen molar-refractivity contribution in [1.29, 1.82) is 0 Å². The topological polar surface area (TPSA) is 37.3 Å². The molecule has 70 valence electrons. The van der Waals surface area contributed by atoms with E-state index in [1.807, 2.05) is 0 Å². The summed E-state index contributed by atoms with van der Waals surface area (Å²) >= 11 is 0. The third kappa shape index (κ3) is 2.05. The molecule has 0 aliphatic rings. The van der Waals surface area contributed by atoms with E-state index in [-0.39, 0.29) is 5.56 Å². The summed E-state index contributed by atoms with van der Waals surface area (Å²) < 4.78 is 13.1.